The molecule has 0 amide bonds. The van der Waals surface area contributed by atoms with Crippen LogP contribution in [0.4, 0.5) is 0 Å². The lowest BCUT2D eigenvalue weighted by molar-refractivity contribution is -0.153. The van der Waals surface area contributed by atoms with Gasteiger partial charge in [-0.2, -0.15) is 0 Å². The first-order valence-electron chi connectivity index (χ1n) is 9.71. The SMILES string of the molecule is CCC(=O)CCC(C)(CCO[Si](C(C)C)(C(C)C)C(C)C)C(=O)OC. The Morgan fingerprint density at radius 3 is 1.80 bits per heavy atom. The van der Waals surface area contributed by atoms with Crippen molar-refractivity contribution in [1.82, 2.24) is 0 Å². The highest BCUT2D eigenvalue weighted by Gasteiger charge is 2.45. The summed E-state index contributed by atoms with van der Waals surface area (Å²) in [7, 11) is -0.528. The molecular formula is C20H40O4Si. The van der Waals surface area contributed by atoms with Gasteiger partial charge >= 0.3 is 5.97 Å². The third kappa shape index (κ3) is 6.21. The molecule has 0 aromatic heterocycles. The van der Waals surface area contributed by atoms with Gasteiger partial charge in [-0.15, -0.1) is 0 Å². The van der Waals surface area contributed by atoms with Gasteiger partial charge in [-0.05, 0) is 36.4 Å². The van der Waals surface area contributed by atoms with E-state index >= 15 is 0 Å². The quantitative estimate of drug-likeness (QED) is 0.335. The molecule has 0 aliphatic rings. The normalized spacial score (nSPS) is 14.9. The van der Waals surface area contributed by atoms with Crippen molar-refractivity contribution in [3.63, 3.8) is 0 Å². The van der Waals surface area contributed by atoms with Crippen LogP contribution in [0.3, 0.4) is 0 Å². The zero-order chi connectivity index (χ0) is 19.8. The van der Waals surface area contributed by atoms with Crippen LogP contribution in [-0.2, 0) is 18.8 Å². The zero-order valence-electron chi connectivity index (χ0n) is 17.9. The van der Waals surface area contributed by atoms with Crippen molar-refractivity contribution in [3.8, 4) is 0 Å². The topological polar surface area (TPSA) is 52.6 Å². The van der Waals surface area contributed by atoms with Gasteiger partial charge in [-0.1, -0.05) is 48.5 Å². The molecule has 0 saturated carbocycles. The van der Waals surface area contributed by atoms with Crippen LogP contribution < -0.4 is 0 Å². The van der Waals surface area contributed by atoms with Gasteiger partial charge in [0.25, 0.3) is 0 Å². The summed E-state index contributed by atoms with van der Waals surface area (Å²) in [5.41, 5.74) is 0.876. The van der Waals surface area contributed by atoms with Crippen LogP contribution in [-0.4, -0.2) is 33.8 Å². The molecule has 148 valence electrons. The van der Waals surface area contributed by atoms with Crippen molar-refractivity contribution in [2.24, 2.45) is 5.41 Å². The molecule has 25 heavy (non-hydrogen) atoms. The summed E-state index contributed by atoms with van der Waals surface area (Å²) in [5.74, 6) is -0.0581. The van der Waals surface area contributed by atoms with E-state index in [0.29, 0.717) is 48.9 Å². The Hall–Kier alpha value is -0.683. The zero-order valence-corrected chi connectivity index (χ0v) is 18.9. The summed E-state index contributed by atoms with van der Waals surface area (Å²) < 4.78 is 11.6. The molecule has 0 aromatic rings. The summed E-state index contributed by atoms with van der Waals surface area (Å²) in [5, 5.41) is 0. The first kappa shape index (κ1) is 24.3. The van der Waals surface area contributed by atoms with Crippen LogP contribution in [0.1, 0.15) is 81.1 Å². The largest absolute Gasteiger partial charge is 0.469 e. The van der Waals surface area contributed by atoms with Crippen molar-refractivity contribution < 1.29 is 18.8 Å². The third-order valence-corrected chi connectivity index (χ3v) is 11.9. The highest BCUT2D eigenvalue weighted by atomic mass is 28.4. The van der Waals surface area contributed by atoms with Crippen molar-refractivity contribution in [1.29, 1.82) is 0 Å². The Balaban J connectivity index is 5.15. The summed E-state index contributed by atoms with van der Waals surface area (Å²) in [4.78, 5) is 24.0. The van der Waals surface area contributed by atoms with Gasteiger partial charge in [-0.25, -0.2) is 0 Å². The average molecular weight is 373 g/mol. The predicted octanol–water partition coefficient (Wildman–Crippen LogP) is 5.51. The molecule has 0 saturated heterocycles. The summed E-state index contributed by atoms with van der Waals surface area (Å²) >= 11 is 0. The molecule has 0 heterocycles. The Kier molecular flexibility index (Phi) is 10.2. The second-order valence-electron chi connectivity index (χ2n) is 8.36. The molecular weight excluding hydrogens is 332 g/mol. The highest BCUT2D eigenvalue weighted by Crippen LogP contribution is 2.43. The van der Waals surface area contributed by atoms with Crippen molar-refractivity contribution in [2.75, 3.05) is 13.7 Å². The Morgan fingerprint density at radius 2 is 1.44 bits per heavy atom. The second-order valence-corrected chi connectivity index (χ2v) is 13.8. The first-order chi connectivity index (χ1) is 11.5. The fourth-order valence-electron chi connectivity index (χ4n) is 4.12. The fourth-order valence-corrected chi connectivity index (χ4v) is 9.58. The number of carbonyl (C=O) groups excluding carboxylic acids is 2. The molecule has 5 heteroatoms. The van der Waals surface area contributed by atoms with Crippen LogP contribution in [0.5, 0.6) is 0 Å². The molecule has 0 spiro atoms. The van der Waals surface area contributed by atoms with E-state index in [-0.39, 0.29) is 11.8 Å². The standard InChI is InChI=1S/C20H40O4Si/c1-10-18(21)11-12-20(8,19(22)23-9)13-14-24-25(15(2)3,16(4)5)17(6)7/h15-17H,10-14H2,1-9H3. The van der Waals surface area contributed by atoms with Crippen molar-refractivity contribution in [2.45, 2.75) is 97.7 Å². The van der Waals surface area contributed by atoms with Gasteiger partial charge in [0.15, 0.2) is 8.32 Å². The summed E-state index contributed by atoms with van der Waals surface area (Å²) in [6.07, 6.45) is 2.05. The molecule has 0 aromatic carbocycles. The Bertz CT molecular complexity index is 410. The predicted molar refractivity (Wildman–Crippen MR) is 106 cm³/mol. The number of ketones is 1. The van der Waals surface area contributed by atoms with E-state index < -0.39 is 13.7 Å². The Morgan fingerprint density at radius 1 is 0.960 bits per heavy atom. The van der Waals surface area contributed by atoms with Crippen molar-refractivity contribution >= 4 is 20.1 Å². The van der Waals surface area contributed by atoms with E-state index in [0.717, 1.165) is 0 Å². The maximum Gasteiger partial charge on any atom is 0.311 e. The van der Waals surface area contributed by atoms with Crippen molar-refractivity contribution in [3.05, 3.63) is 0 Å². The van der Waals surface area contributed by atoms with E-state index in [4.69, 9.17) is 9.16 Å². The van der Waals surface area contributed by atoms with Crippen LogP contribution in [0.15, 0.2) is 0 Å². The van der Waals surface area contributed by atoms with Crippen LogP contribution in [0.2, 0.25) is 16.6 Å². The molecule has 0 fully saturated rings. The molecule has 0 bridgehead atoms. The van der Waals surface area contributed by atoms with E-state index in [9.17, 15) is 9.59 Å². The number of rotatable bonds is 12. The van der Waals surface area contributed by atoms with Crippen LogP contribution in [0, 0.1) is 5.41 Å². The van der Waals surface area contributed by atoms with Gasteiger partial charge in [0, 0.05) is 19.4 Å². The number of carbonyl (C=O) groups is 2. The minimum atomic E-state index is -1.94. The van der Waals surface area contributed by atoms with E-state index in [1.807, 2.05) is 13.8 Å². The maximum absolute atomic E-state index is 12.3. The minimum Gasteiger partial charge on any atom is -0.469 e. The lowest BCUT2D eigenvalue weighted by atomic mass is 9.81. The average Bonchev–Trinajstić information content (AvgIpc) is 2.54. The number of methoxy groups -OCH3 is 1. The molecule has 0 N–H and O–H groups in total. The Labute approximate surface area is 156 Å². The van der Waals surface area contributed by atoms with E-state index in [2.05, 4.69) is 41.5 Å². The highest BCUT2D eigenvalue weighted by molar-refractivity contribution is 6.77. The molecule has 0 radical (unpaired) electrons. The van der Waals surface area contributed by atoms with Gasteiger partial charge < -0.3 is 9.16 Å². The number of hydrogen-bond acceptors (Lipinski definition) is 4. The van der Waals surface area contributed by atoms with Crippen LogP contribution >= 0.6 is 0 Å². The van der Waals surface area contributed by atoms with E-state index in [1.54, 1.807) is 0 Å². The molecule has 0 aliphatic carbocycles. The number of Topliss-reactive ketones (excluding diaryl/α,β-unsaturated/α-hetero) is 1. The van der Waals surface area contributed by atoms with Crippen LogP contribution in [0.25, 0.3) is 0 Å². The molecule has 0 aliphatic heterocycles. The maximum atomic E-state index is 12.3. The van der Waals surface area contributed by atoms with E-state index in [1.165, 1.54) is 7.11 Å². The monoisotopic (exact) mass is 372 g/mol. The second kappa shape index (κ2) is 10.5. The molecule has 1 atom stereocenters. The van der Waals surface area contributed by atoms with Gasteiger partial charge in [0.2, 0.25) is 0 Å². The summed E-state index contributed by atoms with van der Waals surface area (Å²) in [6, 6.07) is 0. The molecule has 0 rings (SSSR count). The molecule has 4 nitrogen and oxygen atoms in total. The van der Waals surface area contributed by atoms with Gasteiger partial charge in [-0.3, -0.25) is 9.59 Å². The lowest BCUT2D eigenvalue weighted by Gasteiger charge is -2.42. The van der Waals surface area contributed by atoms with Gasteiger partial charge in [0.1, 0.15) is 5.78 Å². The smallest absolute Gasteiger partial charge is 0.311 e. The fraction of sp³-hybridized carbons (Fsp3) is 0.900. The summed E-state index contributed by atoms with van der Waals surface area (Å²) in [6.45, 7) is 17.8. The minimum absolute atomic E-state index is 0.186. The number of esters is 1. The first-order valence-corrected chi connectivity index (χ1v) is 11.9. The molecule has 1 unspecified atom stereocenters. The number of hydrogen-bond donors (Lipinski definition) is 0. The van der Waals surface area contributed by atoms with Gasteiger partial charge in [0.05, 0.1) is 12.5 Å². The lowest BCUT2D eigenvalue weighted by Crippen LogP contribution is -2.48. The number of ether oxygens (including phenoxy) is 1. The third-order valence-electron chi connectivity index (χ3n) is 5.74.